The van der Waals surface area contributed by atoms with Crippen molar-refractivity contribution in [2.45, 2.75) is 46.6 Å². The molecule has 10 heavy (non-hydrogen) atoms. The van der Waals surface area contributed by atoms with Crippen LogP contribution in [-0.4, -0.2) is 5.54 Å². The molecule has 3 N–H and O–H groups in total. The summed E-state index contributed by atoms with van der Waals surface area (Å²) in [6, 6.07) is 0. The van der Waals surface area contributed by atoms with Crippen LogP contribution in [0, 0.1) is 5.41 Å². The molecule has 0 rings (SSSR count). The molecule has 1 nitrogen and oxygen atoms in total. The number of halogens is 1. The minimum atomic E-state index is 0. The molecule has 0 saturated carbocycles. The smallest absolute Gasteiger partial charge is 0.0940 e. The van der Waals surface area contributed by atoms with Crippen LogP contribution in [0.3, 0.4) is 0 Å². The fourth-order valence-electron chi connectivity index (χ4n) is 0.479. The summed E-state index contributed by atoms with van der Waals surface area (Å²) in [4.78, 5) is 0. The van der Waals surface area contributed by atoms with E-state index in [1.807, 2.05) is 0 Å². The van der Waals surface area contributed by atoms with Gasteiger partial charge in [0.05, 0.1) is 5.54 Å². The second-order valence-corrected chi connectivity index (χ2v) is 4.12. The third-order valence-electron chi connectivity index (χ3n) is 2.72. The first-order chi connectivity index (χ1) is 3.81. The van der Waals surface area contributed by atoms with Crippen molar-refractivity contribution in [2.24, 2.45) is 5.41 Å². The number of quaternary nitrogens is 1. The van der Waals surface area contributed by atoms with Gasteiger partial charge < -0.3 is 18.1 Å². The molecule has 0 fully saturated rings. The fourth-order valence-corrected chi connectivity index (χ4v) is 0.479. The monoisotopic (exact) mass is 165 g/mol. The van der Waals surface area contributed by atoms with Crippen LogP contribution in [0.25, 0.3) is 0 Å². The average molecular weight is 166 g/mol. The Morgan fingerprint density at radius 3 is 1.40 bits per heavy atom. The van der Waals surface area contributed by atoms with E-state index in [0.717, 1.165) is 0 Å². The summed E-state index contributed by atoms with van der Waals surface area (Å²) in [5.41, 5.74) is 4.68. The van der Waals surface area contributed by atoms with E-state index in [1.54, 1.807) is 0 Å². The van der Waals surface area contributed by atoms with Crippen LogP contribution in [-0.2, 0) is 0 Å². The minimum Gasteiger partial charge on any atom is -1.00 e. The first-order valence-electron chi connectivity index (χ1n) is 3.66. The molecule has 0 aromatic heterocycles. The Balaban J connectivity index is 0. The summed E-state index contributed by atoms with van der Waals surface area (Å²) in [6.45, 7) is 11.1. The molecule has 0 aliphatic carbocycles. The highest BCUT2D eigenvalue weighted by Crippen LogP contribution is 2.29. The zero-order chi connectivity index (χ0) is 7.71. The zero-order valence-corrected chi connectivity index (χ0v) is 8.55. The zero-order valence-electron chi connectivity index (χ0n) is 7.79. The molecular weight excluding hydrogens is 146 g/mol. The van der Waals surface area contributed by atoms with Crippen LogP contribution in [0.5, 0.6) is 0 Å². The van der Waals surface area contributed by atoms with Crippen molar-refractivity contribution in [1.29, 1.82) is 0 Å². The van der Waals surface area contributed by atoms with E-state index in [1.165, 1.54) is 6.42 Å². The standard InChI is InChI=1S/C8H19N.ClH/c1-6-7(2,3)8(4,5)9;/h6,9H2,1-5H3;1H. The van der Waals surface area contributed by atoms with E-state index < -0.39 is 0 Å². The van der Waals surface area contributed by atoms with Gasteiger partial charge in [-0.3, -0.25) is 0 Å². The molecule has 0 bridgehead atoms. The molecule has 0 spiro atoms. The van der Waals surface area contributed by atoms with Crippen LogP contribution in [0.1, 0.15) is 41.0 Å². The average Bonchev–Trinajstić information content (AvgIpc) is 1.64. The van der Waals surface area contributed by atoms with Crippen molar-refractivity contribution in [3.05, 3.63) is 0 Å². The molecule has 0 saturated heterocycles. The highest BCUT2D eigenvalue weighted by atomic mass is 35.5. The van der Waals surface area contributed by atoms with E-state index in [4.69, 9.17) is 0 Å². The van der Waals surface area contributed by atoms with Crippen molar-refractivity contribution in [1.82, 2.24) is 0 Å². The van der Waals surface area contributed by atoms with Crippen LogP contribution in [0.15, 0.2) is 0 Å². The van der Waals surface area contributed by atoms with Gasteiger partial charge in [-0.1, -0.05) is 20.8 Å². The van der Waals surface area contributed by atoms with Gasteiger partial charge in [-0.25, -0.2) is 0 Å². The summed E-state index contributed by atoms with van der Waals surface area (Å²) >= 11 is 0. The van der Waals surface area contributed by atoms with Crippen molar-refractivity contribution < 1.29 is 18.1 Å². The molecular formula is C8H20ClN. The maximum absolute atomic E-state index is 4.11. The van der Waals surface area contributed by atoms with Crippen LogP contribution >= 0.6 is 0 Å². The molecule has 0 amide bonds. The summed E-state index contributed by atoms with van der Waals surface area (Å²) in [5, 5.41) is 0. The van der Waals surface area contributed by atoms with Crippen molar-refractivity contribution in [3.63, 3.8) is 0 Å². The van der Waals surface area contributed by atoms with Crippen LogP contribution in [0.4, 0.5) is 0 Å². The normalized spacial score (nSPS) is 12.6. The molecule has 0 radical (unpaired) electrons. The lowest BCUT2D eigenvalue weighted by Gasteiger charge is -2.33. The van der Waals surface area contributed by atoms with Crippen molar-refractivity contribution in [3.8, 4) is 0 Å². The lowest BCUT2D eigenvalue weighted by Crippen LogP contribution is -3.00. The number of hydrogen-bond donors (Lipinski definition) is 1. The summed E-state index contributed by atoms with van der Waals surface area (Å²) in [6.07, 6.45) is 1.20. The second-order valence-electron chi connectivity index (χ2n) is 4.12. The van der Waals surface area contributed by atoms with Crippen molar-refractivity contribution in [2.75, 3.05) is 0 Å². The Labute approximate surface area is 70.8 Å². The third kappa shape index (κ3) is 2.89. The SMILES string of the molecule is CCC(C)(C)C(C)(C)[NH3+].[Cl-]. The van der Waals surface area contributed by atoms with Gasteiger partial charge in [0.25, 0.3) is 0 Å². The van der Waals surface area contributed by atoms with E-state index in [2.05, 4.69) is 40.4 Å². The summed E-state index contributed by atoms with van der Waals surface area (Å²) in [7, 11) is 0. The number of hydrogen-bond acceptors (Lipinski definition) is 0. The van der Waals surface area contributed by atoms with E-state index >= 15 is 0 Å². The molecule has 2 heteroatoms. The van der Waals surface area contributed by atoms with Gasteiger partial charge in [0, 0.05) is 5.41 Å². The molecule has 0 aromatic rings. The Hall–Kier alpha value is 0.250. The fraction of sp³-hybridized carbons (Fsp3) is 1.00. The molecule has 0 unspecified atom stereocenters. The lowest BCUT2D eigenvalue weighted by atomic mass is 9.73. The van der Waals surface area contributed by atoms with Crippen LogP contribution < -0.4 is 18.1 Å². The highest BCUT2D eigenvalue weighted by Gasteiger charge is 2.34. The van der Waals surface area contributed by atoms with Crippen LogP contribution in [0.2, 0.25) is 0 Å². The largest absolute Gasteiger partial charge is 1.00 e. The lowest BCUT2D eigenvalue weighted by molar-refractivity contribution is -0.493. The van der Waals surface area contributed by atoms with E-state index in [9.17, 15) is 0 Å². The maximum Gasteiger partial charge on any atom is 0.0940 e. The highest BCUT2D eigenvalue weighted by molar-refractivity contribution is 4.82. The van der Waals surface area contributed by atoms with Gasteiger partial charge in [0.2, 0.25) is 0 Å². The minimum absolute atomic E-state index is 0. The Bertz CT molecular complexity index is 91.9. The predicted molar refractivity (Wildman–Crippen MR) is 41.0 cm³/mol. The second kappa shape index (κ2) is 3.59. The van der Waals surface area contributed by atoms with Gasteiger partial charge in [0.15, 0.2) is 0 Å². The molecule has 0 aliphatic heterocycles. The molecule has 0 aromatic carbocycles. The quantitative estimate of drug-likeness (QED) is 0.513. The summed E-state index contributed by atoms with van der Waals surface area (Å²) in [5.74, 6) is 0. The van der Waals surface area contributed by atoms with Gasteiger partial charge in [0.1, 0.15) is 0 Å². The Morgan fingerprint density at radius 1 is 1.10 bits per heavy atom. The van der Waals surface area contributed by atoms with Gasteiger partial charge >= 0.3 is 0 Å². The van der Waals surface area contributed by atoms with E-state index in [0.29, 0.717) is 5.41 Å². The molecule has 64 valence electrons. The molecule has 0 atom stereocenters. The maximum atomic E-state index is 4.11. The molecule has 0 heterocycles. The predicted octanol–water partition coefficient (Wildman–Crippen LogP) is -1.55. The molecule has 0 aliphatic rings. The van der Waals surface area contributed by atoms with Gasteiger partial charge in [-0.05, 0) is 20.3 Å². The van der Waals surface area contributed by atoms with Gasteiger partial charge in [-0.2, -0.15) is 0 Å². The third-order valence-corrected chi connectivity index (χ3v) is 2.72. The first kappa shape index (κ1) is 12.9. The Kier molecular flexibility index (Phi) is 4.62. The summed E-state index contributed by atoms with van der Waals surface area (Å²) < 4.78 is 0. The first-order valence-corrected chi connectivity index (χ1v) is 3.66. The van der Waals surface area contributed by atoms with E-state index in [-0.39, 0.29) is 17.9 Å². The van der Waals surface area contributed by atoms with Crippen molar-refractivity contribution >= 4 is 0 Å². The van der Waals surface area contributed by atoms with Gasteiger partial charge in [-0.15, -0.1) is 0 Å². The topological polar surface area (TPSA) is 27.6 Å². The Morgan fingerprint density at radius 2 is 1.40 bits per heavy atom. The number of rotatable bonds is 2.